The highest BCUT2D eigenvalue weighted by Gasteiger charge is 2.25. The second-order valence-corrected chi connectivity index (χ2v) is 7.42. The molecule has 9 nitrogen and oxygen atoms in total. The first kappa shape index (κ1) is 19.7. The van der Waals surface area contributed by atoms with Crippen molar-refractivity contribution in [2.75, 3.05) is 0 Å². The monoisotopic (exact) mass is 409 g/mol. The van der Waals surface area contributed by atoms with E-state index in [1.807, 2.05) is 31.2 Å². The Labute approximate surface area is 171 Å². The summed E-state index contributed by atoms with van der Waals surface area (Å²) in [6.45, 7) is 2.27. The molecule has 0 saturated carbocycles. The number of para-hydroxylation sites is 2. The van der Waals surface area contributed by atoms with Crippen molar-refractivity contribution in [1.29, 1.82) is 0 Å². The summed E-state index contributed by atoms with van der Waals surface area (Å²) in [4.78, 5) is 51.8. The van der Waals surface area contributed by atoms with Crippen LogP contribution in [0.4, 0.5) is 0 Å². The van der Waals surface area contributed by atoms with E-state index in [2.05, 4.69) is 10.3 Å². The lowest BCUT2D eigenvalue weighted by Crippen LogP contribution is -2.37. The van der Waals surface area contributed by atoms with Crippen molar-refractivity contribution in [3.8, 4) is 0 Å². The Kier molecular flexibility index (Phi) is 5.03. The van der Waals surface area contributed by atoms with Gasteiger partial charge >= 0.3 is 5.69 Å². The molecule has 1 aromatic carbocycles. The Morgan fingerprint density at radius 2 is 1.90 bits per heavy atom. The molecule has 1 aliphatic carbocycles. The molecule has 4 N–H and O–H groups in total. The van der Waals surface area contributed by atoms with Crippen LogP contribution in [0, 0.1) is 0 Å². The van der Waals surface area contributed by atoms with Crippen molar-refractivity contribution >= 4 is 22.8 Å². The third-order valence-electron chi connectivity index (χ3n) is 5.60. The normalized spacial score (nSPS) is 15.7. The molecule has 0 bridgehead atoms. The number of imidazole rings is 1. The number of amides is 2. The number of aromatic nitrogens is 3. The Bertz CT molecular complexity index is 1270. The van der Waals surface area contributed by atoms with Gasteiger partial charge in [-0.1, -0.05) is 12.1 Å². The number of aromatic amines is 1. The third-order valence-corrected chi connectivity index (χ3v) is 5.60. The van der Waals surface area contributed by atoms with Gasteiger partial charge in [0.15, 0.2) is 0 Å². The number of carbonyl (C=O) groups is 2. The standard InChI is InChI=1S/C21H23N5O4/c1-2-25-16-8-3-4-9-17(16)26(21(25)30)11-18(27)23-14-6-5-7-15-12(14)10-13(19(22)28)20(29)24-15/h3-4,8-10,14H,2,5-7,11H2,1H3,(H2,22,28)(H,23,27)(H,24,29)/t14-/m1/s1. The summed E-state index contributed by atoms with van der Waals surface area (Å²) in [7, 11) is 0. The fourth-order valence-electron chi connectivity index (χ4n) is 4.19. The van der Waals surface area contributed by atoms with Gasteiger partial charge < -0.3 is 16.0 Å². The molecule has 30 heavy (non-hydrogen) atoms. The summed E-state index contributed by atoms with van der Waals surface area (Å²) >= 11 is 0. The van der Waals surface area contributed by atoms with Gasteiger partial charge in [0.25, 0.3) is 11.5 Å². The minimum absolute atomic E-state index is 0.121. The van der Waals surface area contributed by atoms with E-state index in [0.717, 1.165) is 11.9 Å². The van der Waals surface area contributed by atoms with Gasteiger partial charge in [-0.15, -0.1) is 0 Å². The molecule has 0 spiro atoms. The second-order valence-electron chi connectivity index (χ2n) is 7.42. The van der Waals surface area contributed by atoms with E-state index in [-0.39, 0.29) is 29.7 Å². The van der Waals surface area contributed by atoms with Crippen molar-refractivity contribution in [2.45, 2.75) is 45.3 Å². The lowest BCUT2D eigenvalue weighted by atomic mass is 9.90. The van der Waals surface area contributed by atoms with Gasteiger partial charge in [0, 0.05) is 12.2 Å². The van der Waals surface area contributed by atoms with Crippen molar-refractivity contribution in [2.24, 2.45) is 5.73 Å². The molecule has 2 amide bonds. The predicted octanol–water partition coefficient (Wildman–Crippen LogP) is 0.804. The Morgan fingerprint density at radius 3 is 2.57 bits per heavy atom. The van der Waals surface area contributed by atoms with E-state index in [4.69, 9.17) is 5.73 Å². The predicted molar refractivity (Wildman–Crippen MR) is 111 cm³/mol. The SMILES string of the molecule is CCn1c(=O)n(CC(=O)N[C@@H]2CCCc3[nH]c(=O)c(C(N)=O)cc32)c2ccccc21. The largest absolute Gasteiger partial charge is 0.365 e. The smallest absolute Gasteiger partial charge is 0.329 e. The van der Waals surface area contributed by atoms with Gasteiger partial charge in [-0.05, 0) is 49.9 Å². The molecule has 1 atom stereocenters. The summed E-state index contributed by atoms with van der Waals surface area (Å²) in [5, 5.41) is 2.95. The molecule has 1 aliphatic rings. The number of nitrogens with two attached hydrogens (primary N) is 1. The van der Waals surface area contributed by atoms with Crippen LogP contribution < -0.4 is 22.3 Å². The number of rotatable bonds is 5. The van der Waals surface area contributed by atoms with E-state index in [1.54, 1.807) is 4.57 Å². The second kappa shape index (κ2) is 7.66. The van der Waals surface area contributed by atoms with Crippen molar-refractivity contribution < 1.29 is 9.59 Å². The topological polar surface area (TPSA) is 132 Å². The minimum Gasteiger partial charge on any atom is -0.365 e. The first-order chi connectivity index (χ1) is 14.4. The summed E-state index contributed by atoms with van der Waals surface area (Å²) < 4.78 is 3.09. The van der Waals surface area contributed by atoms with Gasteiger partial charge in [0.05, 0.1) is 17.1 Å². The molecular formula is C21H23N5O4. The van der Waals surface area contributed by atoms with Crippen molar-refractivity contribution in [3.05, 3.63) is 68.0 Å². The molecule has 0 fully saturated rings. The number of nitrogens with one attached hydrogen (secondary N) is 2. The molecule has 0 aliphatic heterocycles. The fourth-order valence-corrected chi connectivity index (χ4v) is 4.19. The number of benzene rings is 1. The highest BCUT2D eigenvalue weighted by atomic mass is 16.2. The van der Waals surface area contributed by atoms with Gasteiger partial charge in [-0.2, -0.15) is 0 Å². The first-order valence-electron chi connectivity index (χ1n) is 9.94. The number of nitrogens with zero attached hydrogens (tertiary/aromatic N) is 2. The molecule has 0 radical (unpaired) electrons. The lowest BCUT2D eigenvalue weighted by Gasteiger charge is -2.26. The number of hydrogen-bond acceptors (Lipinski definition) is 4. The van der Waals surface area contributed by atoms with Crippen molar-refractivity contribution in [1.82, 2.24) is 19.4 Å². The highest BCUT2D eigenvalue weighted by molar-refractivity contribution is 5.92. The molecule has 4 rings (SSSR count). The van der Waals surface area contributed by atoms with Gasteiger partial charge in [0.1, 0.15) is 12.1 Å². The van der Waals surface area contributed by atoms with E-state index in [1.165, 1.54) is 10.6 Å². The van der Waals surface area contributed by atoms with E-state index >= 15 is 0 Å². The molecule has 3 aromatic rings. The van der Waals surface area contributed by atoms with Crippen LogP contribution in [0.2, 0.25) is 0 Å². The average molecular weight is 409 g/mol. The van der Waals surface area contributed by atoms with Crippen LogP contribution in [-0.4, -0.2) is 25.9 Å². The Morgan fingerprint density at radius 1 is 1.20 bits per heavy atom. The molecule has 156 valence electrons. The molecule has 9 heteroatoms. The number of primary amides is 1. The number of carbonyl (C=O) groups excluding carboxylic acids is 2. The van der Waals surface area contributed by atoms with Crippen LogP contribution in [0.15, 0.2) is 39.9 Å². The number of pyridine rings is 1. The molecule has 2 aromatic heterocycles. The molecule has 0 saturated heterocycles. The van der Waals surface area contributed by atoms with Crippen LogP contribution in [0.1, 0.15) is 47.4 Å². The summed E-state index contributed by atoms with van der Waals surface area (Å²) in [5.41, 5.74) is 7.27. The van der Waals surface area contributed by atoms with Crippen LogP contribution >= 0.6 is 0 Å². The number of aryl methyl sites for hydroxylation is 2. The summed E-state index contributed by atoms with van der Waals surface area (Å²) in [5.74, 6) is -1.13. The quantitative estimate of drug-likeness (QED) is 0.575. The maximum Gasteiger partial charge on any atom is 0.329 e. The maximum absolute atomic E-state index is 12.8. The number of H-pyrrole nitrogens is 1. The van der Waals surface area contributed by atoms with Gasteiger partial charge in [0.2, 0.25) is 5.91 Å². The molecular weight excluding hydrogens is 386 g/mol. The Balaban J connectivity index is 1.63. The fraction of sp³-hybridized carbons (Fsp3) is 0.333. The van der Waals surface area contributed by atoms with Gasteiger partial charge in [-0.3, -0.25) is 23.5 Å². The van der Waals surface area contributed by atoms with E-state index in [9.17, 15) is 19.2 Å². The zero-order valence-electron chi connectivity index (χ0n) is 16.6. The summed E-state index contributed by atoms with van der Waals surface area (Å²) in [6.07, 6.45) is 2.09. The number of fused-ring (bicyclic) bond motifs is 2. The zero-order valence-corrected chi connectivity index (χ0v) is 16.6. The Hall–Kier alpha value is -3.62. The van der Waals surface area contributed by atoms with Crippen LogP contribution in [0.5, 0.6) is 0 Å². The number of hydrogen-bond donors (Lipinski definition) is 3. The average Bonchev–Trinajstić information content (AvgIpc) is 2.98. The summed E-state index contributed by atoms with van der Waals surface area (Å²) in [6, 6.07) is 8.45. The van der Waals surface area contributed by atoms with E-state index in [0.29, 0.717) is 36.2 Å². The molecule has 0 unspecified atom stereocenters. The first-order valence-corrected chi connectivity index (χ1v) is 9.94. The van der Waals surface area contributed by atoms with Crippen LogP contribution in [-0.2, 0) is 24.3 Å². The zero-order chi connectivity index (χ0) is 21.4. The van der Waals surface area contributed by atoms with Crippen LogP contribution in [0.25, 0.3) is 11.0 Å². The maximum atomic E-state index is 12.8. The molecule has 2 heterocycles. The van der Waals surface area contributed by atoms with E-state index < -0.39 is 11.5 Å². The van der Waals surface area contributed by atoms with Gasteiger partial charge in [-0.25, -0.2) is 4.79 Å². The third kappa shape index (κ3) is 3.32. The van der Waals surface area contributed by atoms with Crippen molar-refractivity contribution in [3.63, 3.8) is 0 Å². The lowest BCUT2D eigenvalue weighted by molar-refractivity contribution is -0.122. The van der Waals surface area contributed by atoms with Crippen LogP contribution in [0.3, 0.4) is 0 Å². The minimum atomic E-state index is -0.811. The highest BCUT2D eigenvalue weighted by Crippen LogP contribution is 2.28.